The summed E-state index contributed by atoms with van der Waals surface area (Å²) in [5.41, 5.74) is 3.07. The maximum atomic E-state index is 5.66. The van der Waals surface area contributed by atoms with Crippen molar-refractivity contribution in [1.82, 2.24) is 15.0 Å². The maximum absolute atomic E-state index is 5.66. The molecule has 0 fully saturated rings. The Kier molecular flexibility index (Phi) is 3.61. The van der Waals surface area contributed by atoms with Crippen molar-refractivity contribution in [2.75, 3.05) is 5.88 Å². The summed E-state index contributed by atoms with van der Waals surface area (Å²) in [5.74, 6) is 0.563. The van der Waals surface area contributed by atoms with Gasteiger partial charge < -0.3 is 0 Å². The Labute approximate surface area is 108 Å². The summed E-state index contributed by atoms with van der Waals surface area (Å²) < 4.78 is 2.80. The Hall–Kier alpha value is -0.870. The molecule has 3 nitrogen and oxygen atoms in total. The van der Waals surface area contributed by atoms with Crippen LogP contribution in [0.15, 0.2) is 28.9 Å². The van der Waals surface area contributed by atoms with Crippen molar-refractivity contribution in [3.8, 4) is 5.69 Å². The van der Waals surface area contributed by atoms with Gasteiger partial charge in [0.1, 0.15) is 0 Å². The summed E-state index contributed by atoms with van der Waals surface area (Å²) >= 11 is 9.21. The minimum atomic E-state index is 0.563. The lowest BCUT2D eigenvalue weighted by atomic mass is 10.2. The van der Waals surface area contributed by atoms with Crippen LogP contribution in [0.5, 0.6) is 0 Å². The van der Waals surface area contributed by atoms with Crippen molar-refractivity contribution in [2.45, 2.75) is 13.3 Å². The molecular weight excluding hydrogens is 289 g/mol. The van der Waals surface area contributed by atoms with E-state index < -0.39 is 0 Å². The summed E-state index contributed by atoms with van der Waals surface area (Å²) in [6.45, 7) is 2.05. The second-order valence-electron chi connectivity index (χ2n) is 3.50. The fourth-order valence-electron chi connectivity index (χ4n) is 1.44. The van der Waals surface area contributed by atoms with Crippen molar-refractivity contribution >= 4 is 27.5 Å². The molecule has 2 rings (SSSR count). The lowest BCUT2D eigenvalue weighted by Gasteiger charge is -2.05. The van der Waals surface area contributed by atoms with Crippen molar-refractivity contribution < 1.29 is 0 Å². The molecule has 0 bridgehead atoms. The zero-order valence-corrected chi connectivity index (χ0v) is 11.2. The number of halogens is 2. The Morgan fingerprint density at radius 1 is 1.44 bits per heavy atom. The van der Waals surface area contributed by atoms with Crippen LogP contribution in [0.3, 0.4) is 0 Å². The second-order valence-corrected chi connectivity index (χ2v) is 4.67. The van der Waals surface area contributed by atoms with Gasteiger partial charge in [-0.3, -0.25) is 0 Å². The van der Waals surface area contributed by atoms with E-state index in [1.54, 1.807) is 4.68 Å². The van der Waals surface area contributed by atoms with Crippen LogP contribution in [0.4, 0.5) is 0 Å². The number of alkyl halides is 1. The highest BCUT2D eigenvalue weighted by atomic mass is 79.9. The van der Waals surface area contributed by atoms with E-state index in [0.29, 0.717) is 5.88 Å². The Bertz CT molecular complexity index is 496. The largest absolute Gasteiger partial charge is 0.219 e. The van der Waals surface area contributed by atoms with E-state index in [4.69, 9.17) is 11.6 Å². The van der Waals surface area contributed by atoms with Gasteiger partial charge in [-0.25, -0.2) is 4.68 Å². The third-order valence-corrected chi connectivity index (χ3v) is 3.53. The monoisotopic (exact) mass is 299 g/mol. The lowest BCUT2D eigenvalue weighted by Crippen LogP contribution is -1.97. The average Bonchev–Trinajstić information content (AvgIpc) is 2.71. The van der Waals surface area contributed by atoms with Crippen molar-refractivity contribution in [3.05, 3.63) is 40.1 Å². The molecule has 0 atom stereocenters. The summed E-state index contributed by atoms with van der Waals surface area (Å²) in [4.78, 5) is 0. The molecule has 0 radical (unpaired) electrons. The first-order valence-electron chi connectivity index (χ1n) is 4.95. The number of benzene rings is 1. The van der Waals surface area contributed by atoms with Gasteiger partial charge in [0.2, 0.25) is 0 Å². The molecule has 1 aromatic heterocycles. The number of nitrogens with zero attached hydrogens (tertiary/aromatic N) is 3. The van der Waals surface area contributed by atoms with Gasteiger partial charge in [0.15, 0.2) is 0 Å². The third-order valence-electron chi connectivity index (χ3n) is 2.31. The van der Waals surface area contributed by atoms with Gasteiger partial charge in [-0.1, -0.05) is 17.3 Å². The molecular formula is C11H11BrClN3. The van der Waals surface area contributed by atoms with E-state index >= 15 is 0 Å². The van der Waals surface area contributed by atoms with Gasteiger partial charge in [0.05, 0.1) is 17.6 Å². The van der Waals surface area contributed by atoms with E-state index in [1.165, 1.54) is 5.56 Å². The predicted molar refractivity (Wildman–Crippen MR) is 68.2 cm³/mol. The number of rotatable bonds is 3. The van der Waals surface area contributed by atoms with Gasteiger partial charge in [0, 0.05) is 16.8 Å². The summed E-state index contributed by atoms with van der Waals surface area (Å²) in [6, 6.07) is 6.04. The standard InChI is InChI=1S/C11H11BrClN3/c1-8-3-2-4-10(11(8)12)16-7-9(5-6-13)14-15-16/h2-4,7H,5-6H2,1H3. The van der Waals surface area contributed by atoms with Gasteiger partial charge in [-0.2, -0.15) is 0 Å². The van der Waals surface area contributed by atoms with Crippen LogP contribution in [0.25, 0.3) is 5.69 Å². The van der Waals surface area contributed by atoms with Gasteiger partial charge >= 0.3 is 0 Å². The van der Waals surface area contributed by atoms with Crippen LogP contribution in [0.2, 0.25) is 0 Å². The van der Waals surface area contributed by atoms with Crippen LogP contribution >= 0.6 is 27.5 Å². The fraction of sp³-hybridized carbons (Fsp3) is 0.273. The molecule has 1 aromatic carbocycles. The first-order valence-corrected chi connectivity index (χ1v) is 6.28. The SMILES string of the molecule is Cc1cccc(-n2cc(CCCl)nn2)c1Br. The van der Waals surface area contributed by atoms with E-state index in [-0.39, 0.29) is 0 Å². The zero-order chi connectivity index (χ0) is 11.5. The van der Waals surface area contributed by atoms with Crippen molar-refractivity contribution in [1.29, 1.82) is 0 Å². The maximum Gasteiger partial charge on any atom is 0.0843 e. The zero-order valence-electron chi connectivity index (χ0n) is 8.82. The minimum absolute atomic E-state index is 0.563. The summed E-state index contributed by atoms with van der Waals surface area (Å²) in [5, 5.41) is 8.15. The molecule has 0 amide bonds. The molecule has 1 heterocycles. The van der Waals surface area contributed by atoms with E-state index in [2.05, 4.69) is 26.2 Å². The van der Waals surface area contributed by atoms with Gasteiger partial charge in [0.25, 0.3) is 0 Å². The minimum Gasteiger partial charge on any atom is -0.219 e. The molecule has 0 aliphatic rings. The van der Waals surface area contributed by atoms with E-state index in [9.17, 15) is 0 Å². The number of hydrogen-bond acceptors (Lipinski definition) is 2. The fourth-order valence-corrected chi connectivity index (χ4v) is 2.08. The second kappa shape index (κ2) is 4.97. The first-order chi connectivity index (χ1) is 7.72. The Morgan fingerprint density at radius 2 is 2.25 bits per heavy atom. The molecule has 0 saturated heterocycles. The first kappa shape index (κ1) is 11.6. The van der Waals surface area contributed by atoms with Crippen molar-refractivity contribution in [2.24, 2.45) is 0 Å². The molecule has 0 unspecified atom stereocenters. The molecule has 0 saturated carbocycles. The van der Waals surface area contributed by atoms with E-state index in [0.717, 1.165) is 22.3 Å². The molecule has 0 N–H and O–H groups in total. The summed E-state index contributed by atoms with van der Waals surface area (Å²) in [6.07, 6.45) is 2.65. The lowest BCUT2D eigenvalue weighted by molar-refractivity contribution is 0.794. The van der Waals surface area contributed by atoms with Crippen LogP contribution in [-0.2, 0) is 6.42 Å². The number of hydrogen-bond donors (Lipinski definition) is 0. The highest BCUT2D eigenvalue weighted by molar-refractivity contribution is 9.10. The molecule has 2 aromatic rings. The predicted octanol–water partition coefficient (Wildman–Crippen LogP) is 3.12. The Morgan fingerprint density at radius 3 is 3.00 bits per heavy atom. The summed E-state index contributed by atoms with van der Waals surface area (Å²) in [7, 11) is 0. The number of aryl methyl sites for hydroxylation is 2. The molecule has 5 heteroatoms. The quantitative estimate of drug-likeness (QED) is 0.815. The highest BCUT2D eigenvalue weighted by Crippen LogP contribution is 2.23. The molecule has 84 valence electrons. The Balaban J connectivity index is 2.39. The normalized spacial score (nSPS) is 10.7. The van der Waals surface area contributed by atoms with Gasteiger partial charge in [-0.05, 0) is 34.5 Å². The van der Waals surface area contributed by atoms with Crippen molar-refractivity contribution in [3.63, 3.8) is 0 Å². The van der Waals surface area contributed by atoms with E-state index in [1.807, 2.05) is 31.3 Å². The van der Waals surface area contributed by atoms with Crippen LogP contribution in [0, 0.1) is 6.92 Å². The van der Waals surface area contributed by atoms with Crippen LogP contribution in [-0.4, -0.2) is 20.9 Å². The average molecular weight is 301 g/mol. The van der Waals surface area contributed by atoms with Crippen LogP contribution < -0.4 is 0 Å². The number of aromatic nitrogens is 3. The molecule has 16 heavy (non-hydrogen) atoms. The smallest absolute Gasteiger partial charge is 0.0843 e. The van der Waals surface area contributed by atoms with Crippen LogP contribution in [0.1, 0.15) is 11.3 Å². The molecule has 0 aliphatic heterocycles. The third kappa shape index (κ3) is 2.28. The molecule has 0 aliphatic carbocycles. The highest BCUT2D eigenvalue weighted by Gasteiger charge is 2.07. The topological polar surface area (TPSA) is 30.7 Å². The molecule has 0 spiro atoms. The van der Waals surface area contributed by atoms with Gasteiger partial charge in [-0.15, -0.1) is 16.7 Å².